The molecular weight excluding hydrogens is 260 g/mol. The van der Waals surface area contributed by atoms with Crippen molar-refractivity contribution in [3.05, 3.63) is 0 Å². The van der Waals surface area contributed by atoms with Crippen LogP contribution in [0, 0.1) is 11.3 Å². The monoisotopic (exact) mass is 280 g/mol. The maximum Gasteiger partial charge on any atom is 0.230 e. The largest absolute Gasteiger partial charge is 0.392 e. The number of hydrogen-bond acceptors (Lipinski definition) is 3. The minimum atomic E-state index is -0.325. The van der Waals surface area contributed by atoms with Crippen LogP contribution in [0.4, 0.5) is 0 Å². The van der Waals surface area contributed by atoms with Gasteiger partial charge in [-0.05, 0) is 37.0 Å². The quantitative estimate of drug-likeness (QED) is 0.632. The predicted octanol–water partition coefficient (Wildman–Crippen LogP) is 1.76. The number of nitrogens with two attached hydrogens (primary N) is 1. The van der Waals surface area contributed by atoms with Gasteiger partial charge in [0.25, 0.3) is 0 Å². The van der Waals surface area contributed by atoms with E-state index in [4.69, 9.17) is 18.0 Å². The first kappa shape index (κ1) is 13.0. The molecule has 2 amide bonds. The van der Waals surface area contributed by atoms with Gasteiger partial charge in [0.2, 0.25) is 11.8 Å². The molecule has 2 aliphatic carbocycles. The molecule has 5 heteroatoms. The van der Waals surface area contributed by atoms with Crippen molar-refractivity contribution in [2.75, 3.05) is 0 Å². The molecule has 1 heterocycles. The van der Waals surface area contributed by atoms with Crippen LogP contribution in [0.2, 0.25) is 0 Å². The third-order valence-electron chi connectivity index (χ3n) is 4.89. The van der Waals surface area contributed by atoms with Crippen LogP contribution in [-0.2, 0) is 9.59 Å². The summed E-state index contributed by atoms with van der Waals surface area (Å²) in [7, 11) is 0. The molecule has 1 unspecified atom stereocenters. The van der Waals surface area contributed by atoms with Crippen molar-refractivity contribution < 1.29 is 9.59 Å². The first-order chi connectivity index (χ1) is 9.02. The van der Waals surface area contributed by atoms with E-state index >= 15 is 0 Å². The molecule has 2 N–H and O–H groups in total. The summed E-state index contributed by atoms with van der Waals surface area (Å²) < 4.78 is 0. The van der Waals surface area contributed by atoms with Gasteiger partial charge >= 0.3 is 0 Å². The number of likely N-dealkylation sites (tertiary alicyclic amines) is 1. The lowest BCUT2D eigenvalue weighted by Crippen LogP contribution is -2.56. The van der Waals surface area contributed by atoms with Gasteiger partial charge < -0.3 is 5.73 Å². The minimum Gasteiger partial charge on any atom is -0.392 e. The van der Waals surface area contributed by atoms with Crippen LogP contribution >= 0.6 is 12.2 Å². The molecule has 0 bridgehead atoms. The third kappa shape index (κ3) is 2.29. The van der Waals surface area contributed by atoms with E-state index in [1.54, 1.807) is 0 Å². The van der Waals surface area contributed by atoms with Gasteiger partial charge in [0.1, 0.15) is 0 Å². The van der Waals surface area contributed by atoms with Crippen LogP contribution in [0.5, 0.6) is 0 Å². The Morgan fingerprint density at radius 3 is 2.16 bits per heavy atom. The highest BCUT2D eigenvalue weighted by atomic mass is 32.1. The lowest BCUT2D eigenvalue weighted by molar-refractivity contribution is -0.155. The van der Waals surface area contributed by atoms with E-state index in [-0.39, 0.29) is 23.3 Å². The highest BCUT2D eigenvalue weighted by Gasteiger charge is 2.50. The Labute approximate surface area is 118 Å². The average molecular weight is 280 g/mol. The number of amides is 2. The van der Waals surface area contributed by atoms with Crippen molar-refractivity contribution in [2.24, 2.45) is 17.1 Å². The Hall–Kier alpha value is -0.970. The molecule has 4 nitrogen and oxygen atoms in total. The predicted molar refractivity (Wildman–Crippen MR) is 75.3 cm³/mol. The smallest absolute Gasteiger partial charge is 0.230 e. The van der Waals surface area contributed by atoms with Crippen molar-refractivity contribution in [3.63, 3.8) is 0 Å². The van der Waals surface area contributed by atoms with Crippen LogP contribution < -0.4 is 5.73 Å². The number of carbonyl (C=O) groups is 2. The van der Waals surface area contributed by atoms with E-state index in [0.29, 0.717) is 23.7 Å². The number of thiocarbonyl (C=S) groups is 1. The van der Waals surface area contributed by atoms with Crippen LogP contribution in [0.25, 0.3) is 0 Å². The van der Waals surface area contributed by atoms with Crippen molar-refractivity contribution >= 4 is 29.0 Å². The molecule has 104 valence electrons. The lowest BCUT2D eigenvalue weighted by atomic mass is 9.76. The summed E-state index contributed by atoms with van der Waals surface area (Å²) in [5.74, 6) is 0.203. The number of hydrogen-bond donors (Lipinski definition) is 1. The highest BCUT2D eigenvalue weighted by Crippen LogP contribution is 2.48. The summed E-state index contributed by atoms with van der Waals surface area (Å²) in [5.41, 5.74) is 5.72. The van der Waals surface area contributed by atoms with E-state index in [0.717, 1.165) is 38.5 Å². The molecule has 19 heavy (non-hydrogen) atoms. The molecule has 1 aliphatic heterocycles. The van der Waals surface area contributed by atoms with Gasteiger partial charge in [-0.25, -0.2) is 0 Å². The van der Waals surface area contributed by atoms with E-state index in [1.165, 1.54) is 4.90 Å². The summed E-state index contributed by atoms with van der Waals surface area (Å²) in [4.78, 5) is 26.6. The van der Waals surface area contributed by atoms with Crippen molar-refractivity contribution in [1.29, 1.82) is 0 Å². The SMILES string of the molecule is NC(=S)C(C1CC1)N1C(=O)CC2(CCCC2)CC1=O. The van der Waals surface area contributed by atoms with Gasteiger partial charge in [0, 0.05) is 12.8 Å². The Kier molecular flexibility index (Phi) is 3.12. The summed E-state index contributed by atoms with van der Waals surface area (Å²) in [5, 5.41) is 0. The van der Waals surface area contributed by atoms with Gasteiger partial charge in [0.15, 0.2) is 0 Å². The fourth-order valence-corrected chi connectivity index (χ4v) is 4.08. The number of imide groups is 1. The molecule has 0 aromatic heterocycles. The van der Waals surface area contributed by atoms with Crippen LogP contribution in [-0.4, -0.2) is 27.7 Å². The third-order valence-corrected chi connectivity index (χ3v) is 5.13. The highest BCUT2D eigenvalue weighted by molar-refractivity contribution is 7.80. The summed E-state index contributed by atoms with van der Waals surface area (Å²) in [6.45, 7) is 0. The normalized spacial score (nSPS) is 27.9. The first-order valence-electron chi connectivity index (χ1n) is 7.17. The second kappa shape index (κ2) is 4.54. The van der Waals surface area contributed by atoms with Gasteiger partial charge in [-0.15, -0.1) is 0 Å². The van der Waals surface area contributed by atoms with Crippen molar-refractivity contribution in [3.8, 4) is 0 Å². The Morgan fingerprint density at radius 2 is 1.74 bits per heavy atom. The molecule has 3 rings (SSSR count). The topological polar surface area (TPSA) is 63.4 Å². The fraction of sp³-hybridized carbons (Fsp3) is 0.786. The molecule has 3 fully saturated rings. The number of rotatable bonds is 3. The second-order valence-electron chi connectivity index (χ2n) is 6.40. The van der Waals surface area contributed by atoms with Crippen LogP contribution in [0.1, 0.15) is 51.4 Å². The van der Waals surface area contributed by atoms with Crippen molar-refractivity contribution in [1.82, 2.24) is 4.90 Å². The Morgan fingerprint density at radius 1 is 1.21 bits per heavy atom. The van der Waals surface area contributed by atoms with Gasteiger partial charge in [-0.3, -0.25) is 14.5 Å². The van der Waals surface area contributed by atoms with Crippen molar-refractivity contribution in [2.45, 2.75) is 57.4 Å². The lowest BCUT2D eigenvalue weighted by Gasteiger charge is -2.40. The second-order valence-corrected chi connectivity index (χ2v) is 6.87. The zero-order valence-electron chi connectivity index (χ0n) is 11.1. The van der Waals surface area contributed by atoms with E-state index in [2.05, 4.69) is 0 Å². The fourth-order valence-electron chi connectivity index (χ4n) is 3.78. The molecule has 0 aromatic carbocycles. The number of nitrogens with zero attached hydrogens (tertiary/aromatic N) is 1. The molecular formula is C14H20N2O2S. The Balaban J connectivity index is 1.81. The molecule has 1 atom stereocenters. The van der Waals surface area contributed by atoms with Gasteiger partial charge in [-0.1, -0.05) is 25.1 Å². The van der Waals surface area contributed by atoms with Crippen LogP contribution in [0.15, 0.2) is 0 Å². The maximum atomic E-state index is 12.4. The molecule has 1 saturated heterocycles. The molecule has 0 aromatic rings. The molecule has 2 saturated carbocycles. The van der Waals surface area contributed by atoms with Gasteiger partial charge in [0.05, 0.1) is 11.0 Å². The molecule has 1 spiro atoms. The zero-order chi connectivity index (χ0) is 13.6. The summed E-state index contributed by atoms with van der Waals surface area (Å²) in [6, 6.07) is -0.325. The molecule has 3 aliphatic rings. The number of piperidine rings is 1. The maximum absolute atomic E-state index is 12.4. The van der Waals surface area contributed by atoms with E-state index in [1.807, 2.05) is 0 Å². The standard InChI is InChI=1S/C14H20N2O2S/c15-13(19)12(9-3-4-9)16-10(17)7-14(8-11(16)18)5-1-2-6-14/h9,12H,1-8H2,(H2,15,19). The Bertz CT molecular complexity index is 419. The molecule has 0 radical (unpaired) electrons. The first-order valence-corrected chi connectivity index (χ1v) is 7.57. The summed E-state index contributed by atoms with van der Waals surface area (Å²) in [6.07, 6.45) is 7.35. The van der Waals surface area contributed by atoms with E-state index < -0.39 is 0 Å². The van der Waals surface area contributed by atoms with E-state index in [9.17, 15) is 9.59 Å². The van der Waals surface area contributed by atoms with Crippen LogP contribution in [0.3, 0.4) is 0 Å². The van der Waals surface area contributed by atoms with Gasteiger partial charge in [-0.2, -0.15) is 0 Å². The minimum absolute atomic E-state index is 0.0466. The zero-order valence-corrected chi connectivity index (χ0v) is 11.9. The average Bonchev–Trinajstić information content (AvgIpc) is 3.06. The number of carbonyl (C=O) groups excluding carboxylic acids is 2. The summed E-state index contributed by atoms with van der Waals surface area (Å²) >= 11 is 5.08.